The standard InChI is InChI=1S/C16H13BrOS/c1-10-8-14(17)16(19-10)15(18)13-7-6-11-4-2-3-5-12(11)9-13/h2-9,15,18H,1H3. The molecule has 3 rings (SSSR count). The summed E-state index contributed by atoms with van der Waals surface area (Å²) in [6.07, 6.45) is -0.572. The lowest BCUT2D eigenvalue weighted by molar-refractivity contribution is 0.223. The van der Waals surface area contributed by atoms with Crippen LogP contribution in [0.5, 0.6) is 0 Å². The molecule has 0 fully saturated rings. The average Bonchev–Trinajstić information content (AvgIpc) is 2.76. The normalized spacial score (nSPS) is 12.8. The van der Waals surface area contributed by atoms with Crippen molar-refractivity contribution in [3.05, 3.63) is 68.3 Å². The lowest BCUT2D eigenvalue weighted by atomic mass is 10.0. The molecule has 0 bridgehead atoms. The molecule has 0 saturated heterocycles. The number of thiophene rings is 1. The van der Waals surface area contributed by atoms with Crippen molar-refractivity contribution in [3.63, 3.8) is 0 Å². The van der Waals surface area contributed by atoms with E-state index in [4.69, 9.17) is 0 Å². The van der Waals surface area contributed by atoms with Crippen molar-refractivity contribution < 1.29 is 5.11 Å². The molecule has 1 N–H and O–H groups in total. The van der Waals surface area contributed by atoms with E-state index in [1.54, 1.807) is 11.3 Å². The molecule has 1 aromatic heterocycles. The Hall–Kier alpha value is -1.16. The molecule has 0 spiro atoms. The second-order valence-electron chi connectivity index (χ2n) is 4.58. The summed E-state index contributed by atoms with van der Waals surface area (Å²) in [7, 11) is 0. The number of aliphatic hydroxyl groups is 1. The Bertz CT molecular complexity index is 732. The summed E-state index contributed by atoms with van der Waals surface area (Å²) >= 11 is 5.14. The molecule has 0 radical (unpaired) electrons. The van der Waals surface area contributed by atoms with Gasteiger partial charge in [0.2, 0.25) is 0 Å². The summed E-state index contributed by atoms with van der Waals surface area (Å²) in [6, 6.07) is 16.3. The second kappa shape index (κ2) is 5.08. The zero-order valence-electron chi connectivity index (χ0n) is 10.4. The van der Waals surface area contributed by atoms with Crippen LogP contribution in [-0.4, -0.2) is 5.11 Å². The van der Waals surface area contributed by atoms with Gasteiger partial charge in [-0.1, -0.05) is 36.4 Å². The predicted octanol–water partition coefficient (Wildman–Crippen LogP) is 5.05. The fraction of sp³-hybridized carbons (Fsp3) is 0.125. The lowest BCUT2D eigenvalue weighted by Crippen LogP contribution is -1.97. The van der Waals surface area contributed by atoms with E-state index in [2.05, 4.69) is 40.2 Å². The van der Waals surface area contributed by atoms with E-state index in [1.807, 2.05) is 31.2 Å². The quantitative estimate of drug-likeness (QED) is 0.695. The fourth-order valence-electron chi connectivity index (χ4n) is 2.22. The molecule has 1 unspecified atom stereocenters. The van der Waals surface area contributed by atoms with Crippen LogP contribution in [0.2, 0.25) is 0 Å². The molecule has 1 nitrogen and oxygen atoms in total. The van der Waals surface area contributed by atoms with E-state index in [0.29, 0.717) is 0 Å². The molecule has 2 aromatic carbocycles. The van der Waals surface area contributed by atoms with Crippen molar-refractivity contribution in [2.75, 3.05) is 0 Å². The summed E-state index contributed by atoms with van der Waals surface area (Å²) in [5.41, 5.74) is 0.932. The summed E-state index contributed by atoms with van der Waals surface area (Å²) in [5, 5.41) is 12.9. The molecule has 0 aliphatic rings. The van der Waals surface area contributed by atoms with Crippen molar-refractivity contribution >= 4 is 38.0 Å². The van der Waals surface area contributed by atoms with E-state index in [9.17, 15) is 5.11 Å². The first-order chi connectivity index (χ1) is 9.15. The van der Waals surface area contributed by atoms with Gasteiger partial charge in [-0.3, -0.25) is 0 Å². The largest absolute Gasteiger partial charge is 0.383 e. The summed E-state index contributed by atoms with van der Waals surface area (Å²) in [4.78, 5) is 2.16. The fourth-order valence-corrected chi connectivity index (χ4v) is 4.10. The first-order valence-corrected chi connectivity index (χ1v) is 7.69. The van der Waals surface area contributed by atoms with Crippen molar-refractivity contribution in [2.45, 2.75) is 13.0 Å². The van der Waals surface area contributed by atoms with Crippen LogP contribution in [-0.2, 0) is 0 Å². The molecule has 96 valence electrons. The molecule has 0 amide bonds. The molecule has 0 aliphatic heterocycles. The van der Waals surface area contributed by atoms with Gasteiger partial charge in [-0.25, -0.2) is 0 Å². The summed E-state index contributed by atoms with van der Waals surface area (Å²) < 4.78 is 0.982. The maximum absolute atomic E-state index is 10.5. The highest BCUT2D eigenvalue weighted by atomic mass is 79.9. The number of fused-ring (bicyclic) bond motifs is 1. The van der Waals surface area contributed by atoms with Gasteiger partial charge in [0.1, 0.15) is 6.10 Å². The second-order valence-corrected chi connectivity index (χ2v) is 6.72. The number of rotatable bonds is 2. The van der Waals surface area contributed by atoms with Gasteiger partial charge in [-0.2, -0.15) is 0 Å². The van der Waals surface area contributed by atoms with Crippen LogP contribution in [0.4, 0.5) is 0 Å². The van der Waals surface area contributed by atoms with Gasteiger partial charge in [-0.15, -0.1) is 11.3 Å². The van der Waals surface area contributed by atoms with Crippen molar-refractivity contribution in [1.82, 2.24) is 0 Å². The first kappa shape index (κ1) is 12.9. The molecule has 19 heavy (non-hydrogen) atoms. The van der Waals surface area contributed by atoms with Crippen LogP contribution in [0.25, 0.3) is 10.8 Å². The van der Waals surface area contributed by atoms with Crippen molar-refractivity contribution in [1.29, 1.82) is 0 Å². The van der Waals surface area contributed by atoms with Gasteiger partial charge < -0.3 is 5.11 Å². The Balaban J connectivity index is 2.06. The first-order valence-electron chi connectivity index (χ1n) is 6.08. The smallest absolute Gasteiger partial charge is 0.114 e. The van der Waals surface area contributed by atoms with Gasteiger partial charge in [0.15, 0.2) is 0 Å². The Morgan fingerprint density at radius 3 is 2.47 bits per heavy atom. The highest BCUT2D eigenvalue weighted by Crippen LogP contribution is 2.36. The topological polar surface area (TPSA) is 20.2 Å². The number of aryl methyl sites for hydroxylation is 1. The zero-order chi connectivity index (χ0) is 13.4. The van der Waals surface area contributed by atoms with Gasteiger partial charge in [0, 0.05) is 9.35 Å². The SMILES string of the molecule is Cc1cc(Br)c(C(O)c2ccc3ccccc3c2)s1. The third kappa shape index (κ3) is 2.46. The number of halogens is 1. The van der Waals surface area contributed by atoms with Crippen LogP contribution < -0.4 is 0 Å². The minimum atomic E-state index is -0.572. The van der Waals surface area contributed by atoms with Crippen LogP contribution in [0, 0.1) is 6.92 Å². The van der Waals surface area contributed by atoms with Crippen LogP contribution in [0.1, 0.15) is 21.4 Å². The molecule has 3 aromatic rings. The van der Waals surface area contributed by atoms with Gasteiger partial charge in [-0.05, 0) is 51.3 Å². The molecular formula is C16H13BrOS. The van der Waals surface area contributed by atoms with Crippen LogP contribution >= 0.6 is 27.3 Å². The van der Waals surface area contributed by atoms with Crippen molar-refractivity contribution in [2.24, 2.45) is 0 Å². The van der Waals surface area contributed by atoms with E-state index in [0.717, 1.165) is 20.3 Å². The van der Waals surface area contributed by atoms with Gasteiger partial charge in [0.25, 0.3) is 0 Å². The number of hydrogen-bond donors (Lipinski definition) is 1. The van der Waals surface area contributed by atoms with E-state index in [-0.39, 0.29) is 0 Å². The zero-order valence-corrected chi connectivity index (χ0v) is 12.8. The molecule has 0 saturated carbocycles. The lowest BCUT2D eigenvalue weighted by Gasteiger charge is -2.11. The van der Waals surface area contributed by atoms with Crippen molar-refractivity contribution in [3.8, 4) is 0 Å². The summed E-state index contributed by atoms with van der Waals surface area (Å²) in [6.45, 7) is 2.05. The van der Waals surface area contributed by atoms with Gasteiger partial charge in [0.05, 0.1) is 4.88 Å². The molecule has 1 atom stereocenters. The summed E-state index contributed by atoms with van der Waals surface area (Å²) in [5.74, 6) is 0. The molecular weight excluding hydrogens is 320 g/mol. The Morgan fingerprint density at radius 2 is 1.79 bits per heavy atom. The van der Waals surface area contributed by atoms with E-state index < -0.39 is 6.10 Å². The number of hydrogen-bond acceptors (Lipinski definition) is 2. The predicted molar refractivity (Wildman–Crippen MR) is 84.8 cm³/mol. The maximum atomic E-state index is 10.5. The Kier molecular flexibility index (Phi) is 3.44. The highest BCUT2D eigenvalue weighted by Gasteiger charge is 2.16. The minimum absolute atomic E-state index is 0.572. The van der Waals surface area contributed by atoms with E-state index >= 15 is 0 Å². The van der Waals surface area contributed by atoms with Gasteiger partial charge >= 0.3 is 0 Å². The highest BCUT2D eigenvalue weighted by molar-refractivity contribution is 9.10. The number of benzene rings is 2. The Labute approximate surface area is 124 Å². The molecule has 3 heteroatoms. The Morgan fingerprint density at radius 1 is 1.05 bits per heavy atom. The monoisotopic (exact) mass is 332 g/mol. The third-order valence-electron chi connectivity index (χ3n) is 3.17. The average molecular weight is 333 g/mol. The third-order valence-corrected chi connectivity index (χ3v) is 5.20. The van der Waals surface area contributed by atoms with Crippen LogP contribution in [0.15, 0.2) is 53.0 Å². The van der Waals surface area contributed by atoms with E-state index in [1.165, 1.54) is 10.3 Å². The van der Waals surface area contributed by atoms with Crippen LogP contribution in [0.3, 0.4) is 0 Å². The molecule has 0 aliphatic carbocycles. The number of aliphatic hydroxyl groups excluding tert-OH is 1. The maximum Gasteiger partial charge on any atom is 0.114 e. The minimum Gasteiger partial charge on any atom is -0.383 e. The molecule has 1 heterocycles.